The van der Waals surface area contributed by atoms with Crippen LogP contribution >= 0.6 is 0 Å². The van der Waals surface area contributed by atoms with Crippen molar-refractivity contribution < 1.29 is 0 Å². The van der Waals surface area contributed by atoms with E-state index in [4.69, 9.17) is 0 Å². The molecule has 2 rings (SSSR count). The first-order chi connectivity index (χ1) is 11.6. The molecule has 0 saturated heterocycles. The molecule has 2 aromatic rings. The van der Waals surface area contributed by atoms with E-state index >= 15 is 0 Å². The molecule has 130 valence electrons. The van der Waals surface area contributed by atoms with Gasteiger partial charge >= 0.3 is 0 Å². The van der Waals surface area contributed by atoms with E-state index in [0.717, 1.165) is 24.7 Å². The van der Waals surface area contributed by atoms with Crippen molar-refractivity contribution in [3.05, 3.63) is 53.9 Å². The zero-order chi connectivity index (χ0) is 17.4. The van der Waals surface area contributed by atoms with Gasteiger partial charge in [0.25, 0.3) is 0 Å². The molecule has 0 aliphatic rings. The highest BCUT2D eigenvalue weighted by Gasteiger charge is 2.16. The van der Waals surface area contributed by atoms with Gasteiger partial charge in [-0.15, -0.1) is 0 Å². The standard InChI is InChI=1S/C19H29N5/c1-5-20-19(21-13-17-11-12-23-24(17)4)22-14-18(15(2)3)16-9-7-6-8-10-16/h6-12,15,18H,5,13-14H2,1-4H3,(H2,20,21,22). The van der Waals surface area contributed by atoms with Crippen molar-refractivity contribution in [1.82, 2.24) is 20.4 Å². The SMILES string of the molecule is CCNC(=NCc1ccnn1C)NCC(c1ccccc1)C(C)C. The number of benzene rings is 1. The summed E-state index contributed by atoms with van der Waals surface area (Å²) in [4.78, 5) is 4.68. The third-order valence-corrected chi connectivity index (χ3v) is 4.19. The zero-order valence-corrected chi connectivity index (χ0v) is 15.2. The highest BCUT2D eigenvalue weighted by Crippen LogP contribution is 2.23. The van der Waals surface area contributed by atoms with Crippen LogP contribution in [0.5, 0.6) is 0 Å². The van der Waals surface area contributed by atoms with Crippen LogP contribution in [0.3, 0.4) is 0 Å². The molecule has 24 heavy (non-hydrogen) atoms. The van der Waals surface area contributed by atoms with Crippen LogP contribution in [0.4, 0.5) is 0 Å². The third-order valence-electron chi connectivity index (χ3n) is 4.19. The lowest BCUT2D eigenvalue weighted by Crippen LogP contribution is -2.40. The average molecular weight is 327 g/mol. The monoisotopic (exact) mass is 327 g/mol. The lowest BCUT2D eigenvalue weighted by Gasteiger charge is -2.23. The van der Waals surface area contributed by atoms with E-state index in [1.807, 2.05) is 17.8 Å². The summed E-state index contributed by atoms with van der Waals surface area (Å²) in [7, 11) is 1.94. The Bertz CT molecular complexity index is 630. The van der Waals surface area contributed by atoms with Crippen LogP contribution < -0.4 is 10.6 Å². The molecule has 0 aliphatic carbocycles. The summed E-state index contributed by atoms with van der Waals surface area (Å²) in [6.07, 6.45) is 1.80. The number of hydrogen-bond acceptors (Lipinski definition) is 2. The predicted molar refractivity (Wildman–Crippen MR) is 100 cm³/mol. The van der Waals surface area contributed by atoms with Crippen LogP contribution in [0.2, 0.25) is 0 Å². The summed E-state index contributed by atoms with van der Waals surface area (Å²) in [5.74, 6) is 1.85. The van der Waals surface area contributed by atoms with Gasteiger partial charge in [-0.05, 0) is 24.5 Å². The van der Waals surface area contributed by atoms with Crippen LogP contribution in [-0.2, 0) is 13.6 Å². The third kappa shape index (κ3) is 5.11. The van der Waals surface area contributed by atoms with E-state index in [1.54, 1.807) is 6.20 Å². The van der Waals surface area contributed by atoms with E-state index in [9.17, 15) is 0 Å². The van der Waals surface area contributed by atoms with Crippen molar-refractivity contribution in [2.24, 2.45) is 18.0 Å². The average Bonchev–Trinajstić information content (AvgIpc) is 2.98. The highest BCUT2D eigenvalue weighted by molar-refractivity contribution is 5.79. The second kappa shape index (κ2) is 9.11. The Morgan fingerprint density at radius 3 is 2.50 bits per heavy atom. The van der Waals surface area contributed by atoms with Gasteiger partial charge in [-0.1, -0.05) is 44.2 Å². The fourth-order valence-corrected chi connectivity index (χ4v) is 2.70. The molecule has 0 fully saturated rings. The molecule has 1 aromatic carbocycles. The maximum absolute atomic E-state index is 4.68. The fraction of sp³-hybridized carbons (Fsp3) is 0.474. The number of aliphatic imine (C=N–C) groups is 1. The summed E-state index contributed by atoms with van der Waals surface area (Å²) >= 11 is 0. The van der Waals surface area contributed by atoms with Crippen LogP contribution in [0, 0.1) is 5.92 Å². The number of nitrogens with zero attached hydrogens (tertiary/aromatic N) is 3. The quantitative estimate of drug-likeness (QED) is 0.607. The van der Waals surface area contributed by atoms with E-state index in [1.165, 1.54) is 5.56 Å². The molecule has 5 nitrogen and oxygen atoms in total. The largest absolute Gasteiger partial charge is 0.357 e. The molecule has 0 radical (unpaired) electrons. The second-order valence-electron chi connectivity index (χ2n) is 6.28. The molecule has 0 saturated carbocycles. The maximum Gasteiger partial charge on any atom is 0.191 e. The Labute approximate surface area is 145 Å². The molecule has 0 bridgehead atoms. The van der Waals surface area contributed by atoms with Crippen LogP contribution in [0.15, 0.2) is 47.6 Å². The second-order valence-corrected chi connectivity index (χ2v) is 6.28. The van der Waals surface area contributed by atoms with Gasteiger partial charge in [0.05, 0.1) is 12.2 Å². The molecule has 1 heterocycles. The topological polar surface area (TPSA) is 54.2 Å². The summed E-state index contributed by atoms with van der Waals surface area (Å²) in [5, 5.41) is 11.0. The smallest absolute Gasteiger partial charge is 0.191 e. The van der Waals surface area contributed by atoms with E-state index in [0.29, 0.717) is 18.4 Å². The number of hydrogen-bond donors (Lipinski definition) is 2. The minimum atomic E-state index is 0.451. The normalized spacial score (nSPS) is 13.1. The van der Waals surface area contributed by atoms with Crippen molar-refractivity contribution in [1.29, 1.82) is 0 Å². The first-order valence-electron chi connectivity index (χ1n) is 8.65. The van der Waals surface area contributed by atoms with Crippen LogP contribution in [-0.4, -0.2) is 28.8 Å². The molecule has 0 amide bonds. The minimum Gasteiger partial charge on any atom is -0.357 e. The summed E-state index contributed by atoms with van der Waals surface area (Å²) in [6.45, 7) is 8.92. The molecule has 0 spiro atoms. The molecular weight excluding hydrogens is 298 g/mol. The van der Waals surface area contributed by atoms with Crippen molar-refractivity contribution in [3.8, 4) is 0 Å². The van der Waals surface area contributed by atoms with Gasteiger partial charge < -0.3 is 10.6 Å². The molecule has 5 heteroatoms. The maximum atomic E-state index is 4.68. The summed E-state index contributed by atoms with van der Waals surface area (Å²) in [5.41, 5.74) is 2.46. The highest BCUT2D eigenvalue weighted by atomic mass is 15.3. The lowest BCUT2D eigenvalue weighted by molar-refractivity contribution is 0.488. The van der Waals surface area contributed by atoms with Crippen molar-refractivity contribution in [2.45, 2.75) is 33.2 Å². The Kier molecular flexibility index (Phi) is 6.85. The van der Waals surface area contributed by atoms with Crippen molar-refractivity contribution in [2.75, 3.05) is 13.1 Å². The fourth-order valence-electron chi connectivity index (χ4n) is 2.70. The van der Waals surface area contributed by atoms with E-state index < -0.39 is 0 Å². The molecule has 1 unspecified atom stereocenters. The van der Waals surface area contributed by atoms with Gasteiger partial charge in [0, 0.05) is 32.3 Å². The van der Waals surface area contributed by atoms with Crippen LogP contribution in [0.25, 0.3) is 0 Å². The summed E-state index contributed by atoms with van der Waals surface area (Å²) < 4.78 is 1.86. The van der Waals surface area contributed by atoms with Gasteiger partial charge in [-0.25, -0.2) is 4.99 Å². The van der Waals surface area contributed by atoms with Crippen molar-refractivity contribution >= 4 is 5.96 Å². The molecule has 1 atom stereocenters. The molecular formula is C19H29N5. The van der Waals surface area contributed by atoms with Crippen LogP contribution in [0.1, 0.15) is 37.9 Å². The zero-order valence-electron chi connectivity index (χ0n) is 15.2. The Hall–Kier alpha value is -2.30. The van der Waals surface area contributed by atoms with Gasteiger partial charge in [0.15, 0.2) is 5.96 Å². The number of rotatable bonds is 7. The van der Waals surface area contributed by atoms with Gasteiger partial charge in [-0.3, -0.25) is 4.68 Å². The van der Waals surface area contributed by atoms with E-state index in [2.05, 4.69) is 71.8 Å². The Balaban J connectivity index is 2.02. The van der Waals surface area contributed by atoms with E-state index in [-0.39, 0.29) is 0 Å². The van der Waals surface area contributed by atoms with Crippen molar-refractivity contribution in [3.63, 3.8) is 0 Å². The molecule has 2 N–H and O–H groups in total. The number of aromatic nitrogens is 2. The van der Waals surface area contributed by atoms with Gasteiger partial charge in [-0.2, -0.15) is 5.10 Å². The predicted octanol–water partition coefficient (Wildman–Crippen LogP) is 2.92. The number of nitrogens with one attached hydrogen (secondary N) is 2. The molecule has 1 aromatic heterocycles. The number of guanidine groups is 1. The summed E-state index contributed by atoms with van der Waals surface area (Å²) in [6, 6.07) is 12.7. The first-order valence-corrected chi connectivity index (χ1v) is 8.65. The minimum absolute atomic E-state index is 0.451. The molecule has 0 aliphatic heterocycles. The van der Waals surface area contributed by atoms with Gasteiger partial charge in [0.2, 0.25) is 0 Å². The number of aryl methyl sites for hydroxylation is 1. The first kappa shape index (κ1) is 18.0. The Morgan fingerprint density at radius 1 is 1.17 bits per heavy atom. The lowest BCUT2D eigenvalue weighted by atomic mass is 9.88. The van der Waals surface area contributed by atoms with Gasteiger partial charge in [0.1, 0.15) is 0 Å². The Morgan fingerprint density at radius 2 is 1.92 bits per heavy atom.